The molecule has 1 heterocycles. The highest BCUT2D eigenvalue weighted by Gasteiger charge is 2.32. The summed E-state index contributed by atoms with van der Waals surface area (Å²) in [6, 6.07) is 0.359. The van der Waals surface area contributed by atoms with Crippen molar-refractivity contribution in [2.45, 2.75) is 17.8 Å². The van der Waals surface area contributed by atoms with Gasteiger partial charge < -0.3 is 5.32 Å². The summed E-state index contributed by atoms with van der Waals surface area (Å²) in [4.78, 5) is 12.6. The van der Waals surface area contributed by atoms with Crippen molar-refractivity contribution in [3.8, 4) is 0 Å². The van der Waals surface area contributed by atoms with Crippen LogP contribution in [0, 0.1) is 0 Å². The van der Waals surface area contributed by atoms with Gasteiger partial charge in [-0.05, 0) is 6.42 Å². The van der Waals surface area contributed by atoms with Crippen LogP contribution in [0.1, 0.15) is 6.42 Å². The van der Waals surface area contributed by atoms with Crippen LogP contribution >= 0.6 is 11.8 Å². The SMILES string of the molecule is CNC(=O)C1NC2CC=CC=C2S1. The lowest BCUT2D eigenvalue weighted by Crippen LogP contribution is -2.40. The van der Waals surface area contributed by atoms with Crippen molar-refractivity contribution in [2.75, 3.05) is 7.05 Å². The quantitative estimate of drug-likeness (QED) is 0.645. The minimum Gasteiger partial charge on any atom is -0.357 e. The van der Waals surface area contributed by atoms with Crippen LogP contribution in [-0.2, 0) is 4.79 Å². The Morgan fingerprint density at radius 2 is 2.62 bits per heavy atom. The Balaban J connectivity index is 2.06. The van der Waals surface area contributed by atoms with Gasteiger partial charge in [-0.1, -0.05) is 30.0 Å². The van der Waals surface area contributed by atoms with Crippen LogP contribution in [0.2, 0.25) is 0 Å². The van der Waals surface area contributed by atoms with E-state index in [0.29, 0.717) is 6.04 Å². The summed E-state index contributed by atoms with van der Waals surface area (Å²) in [5, 5.41) is 5.81. The Morgan fingerprint density at radius 3 is 3.31 bits per heavy atom. The van der Waals surface area contributed by atoms with Gasteiger partial charge in [-0.3, -0.25) is 10.1 Å². The van der Waals surface area contributed by atoms with Crippen molar-refractivity contribution < 1.29 is 4.79 Å². The van der Waals surface area contributed by atoms with Crippen molar-refractivity contribution in [3.63, 3.8) is 0 Å². The maximum Gasteiger partial charge on any atom is 0.247 e. The third-order valence-corrected chi connectivity index (χ3v) is 3.48. The van der Waals surface area contributed by atoms with E-state index in [2.05, 4.69) is 22.8 Å². The normalized spacial score (nSPS) is 31.0. The molecule has 1 aliphatic carbocycles. The lowest BCUT2D eigenvalue weighted by Gasteiger charge is -2.11. The minimum absolute atomic E-state index is 0.0558. The predicted molar refractivity (Wildman–Crippen MR) is 54.2 cm³/mol. The fraction of sp³-hybridized carbons (Fsp3) is 0.444. The van der Waals surface area contributed by atoms with Crippen molar-refractivity contribution in [2.24, 2.45) is 0 Å². The van der Waals surface area contributed by atoms with Crippen molar-refractivity contribution >= 4 is 17.7 Å². The van der Waals surface area contributed by atoms with E-state index in [1.54, 1.807) is 18.8 Å². The summed E-state index contributed by atoms with van der Waals surface area (Å²) in [7, 11) is 1.67. The fourth-order valence-electron chi connectivity index (χ4n) is 1.49. The lowest BCUT2D eigenvalue weighted by molar-refractivity contribution is -0.120. The molecule has 2 aliphatic rings. The number of likely N-dealkylation sites (N-methyl/N-ethyl adjacent to an activating group) is 1. The molecule has 2 atom stereocenters. The van der Waals surface area contributed by atoms with Gasteiger partial charge in [0.25, 0.3) is 0 Å². The highest BCUT2D eigenvalue weighted by Crippen LogP contribution is 2.34. The number of allylic oxidation sites excluding steroid dienone is 2. The Bertz CT molecular complexity index is 285. The van der Waals surface area contributed by atoms with Crippen LogP contribution in [-0.4, -0.2) is 24.4 Å². The van der Waals surface area contributed by atoms with Crippen LogP contribution in [0.15, 0.2) is 23.1 Å². The van der Waals surface area contributed by atoms with E-state index < -0.39 is 0 Å². The topological polar surface area (TPSA) is 41.1 Å². The number of rotatable bonds is 1. The molecule has 0 bridgehead atoms. The Morgan fingerprint density at radius 1 is 1.77 bits per heavy atom. The molecule has 0 saturated carbocycles. The summed E-state index contributed by atoms with van der Waals surface area (Å²) in [5.74, 6) is 0.0558. The number of carbonyl (C=O) groups is 1. The van der Waals surface area contributed by atoms with Crippen molar-refractivity contribution in [1.82, 2.24) is 10.6 Å². The van der Waals surface area contributed by atoms with Gasteiger partial charge >= 0.3 is 0 Å². The first-order chi connectivity index (χ1) is 6.31. The average molecular weight is 196 g/mol. The minimum atomic E-state index is -0.110. The van der Waals surface area contributed by atoms with Gasteiger partial charge in [-0.2, -0.15) is 0 Å². The van der Waals surface area contributed by atoms with E-state index in [1.165, 1.54) is 4.91 Å². The van der Waals surface area contributed by atoms with E-state index in [0.717, 1.165) is 6.42 Å². The Kier molecular flexibility index (Phi) is 2.42. The number of nitrogens with one attached hydrogen (secondary N) is 2. The van der Waals surface area contributed by atoms with E-state index in [4.69, 9.17) is 0 Å². The molecule has 1 fully saturated rings. The van der Waals surface area contributed by atoms with Gasteiger partial charge in [-0.25, -0.2) is 0 Å². The van der Waals surface area contributed by atoms with Crippen molar-refractivity contribution in [3.05, 3.63) is 23.1 Å². The van der Waals surface area contributed by atoms with Crippen molar-refractivity contribution in [1.29, 1.82) is 0 Å². The summed E-state index contributed by atoms with van der Waals surface area (Å²) < 4.78 is 0. The average Bonchev–Trinajstić information content (AvgIpc) is 2.59. The maximum atomic E-state index is 11.3. The number of fused-ring (bicyclic) bond motifs is 1. The first-order valence-electron chi connectivity index (χ1n) is 4.32. The number of amides is 1. The lowest BCUT2D eigenvalue weighted by atomic mass is 10.1. The molecule has 0 aromatic heterocycles. The van der Waals surface area contributed by atoms with Crippen LogP contribution in [0.25, 0.3) is 0 Å². The third kappa shape index (κ3) is 1.64. The largest absolute Gasteiger partial charge is 0.357 e. The van der Waals surface area contributed by atoms with Crippen LogP contribution < -0.4 is 10.6 Å². The predicted octanol–water partition coefficient (Wildman–Crippen LogP) is 0.607. The Labute approximate surface area is 81.7 Å². The molecule has 0 aromatic rings. The smallest absolute Gasteiger partial charge is 0.247 e. The summed E-state index contributed by atoms with van der Waals surface area (Å²) in [5.41, 5.74) is 0. The number of thioether (sulfide) groups is 1. The zero-order chi connectivity index (χ0) is 9.26. The molecule has 0 spiro atoms. The maximum absolute atomic E-state index is 11.3. The molecule has 70 valence electrons. The number of hydrogen-bond acceptors (Lipinski definition) is 3. The van der Waals surface area contributed by atoms with Crippen LogP contribution in [0.5, 0.6) is 0 Å². The molecule has 3 nitrogen and oxygen atoms in total. The molecular weight excluding hydrogens is 184 g/mol. The first kappa shape index (κ1) is 8.84. The van der Waals surface area contributed by atoms with Crippen LogP contribution in [0.4, 0.5) is 0 Å². The second kappa shape index (κ2) is 3.55. The van der Waals surface area contributed by atoms with Crippen LogP contribution in [0.3, 0.4) is 0 Å². The number of hydrogen-bond donors (Lipinski definition) is 2. The highest BCUT2D eigenvalue weighted by molar-refractivity contribution is 8.04. The van der Waals surface area contributed by atoms with Gasteiger partial charge in [0.2, 0.25) is 5.91 Å². The van der Waals surface area contributed by atoms with E-state index in [1.807, 2.05) is 6.08 Å². The molecule has 2 unspecified atom stereocenters. The standard InChI is InChI=1S/C9H12N2OS/c1-10-8(12)9-11-6-4-2-3-5-7(6)13-9/h2-3,5-6,9,11H,4H2,1H3,(H,10,12). The van der Waals surface area contributed by atoms with Gasteiger partial charge in [0.1, 0.15) is 5.37 Å². The summed E-state index contributed by atoms with van der Waals surface area (Å²) in [6.07, 6.45) is 7.24. The third-order valence-electron chi connectivity index (χ3n) is 2.20. The molecule has 0 aromatic carbocycles. The molecule has 2 N–H and O–H groups in total. The van der Waals surface area contributed by atoms with Gasteiger partial charge in [0.05, 0.1) is 0 Å². The zero-order valence-corrected chi connectivity index (χ0v) is 8.23. The molecule has 13 heavy (non-hydrogen) atoms. The first-order valence-corrected chi connectivity index (χ1v) is 5.20. The summed E-state index contributed by atoms with van der Waals surface area (Å²) in [6.45, 7) is 0. The van der Waals surface area contributed by atoms with E-state index in [9.17, 15) is 4.79 Å². The molecule has 2 rings (SSSR count). The fourth-order valence-corrected chi connectivity index (χ4v) is 2.71. The highest BCUT2D eigenvalue weighted by atomic mass is 32.2. The molecule has 1 aliphatic heterocycles. The van der Waals surface area contributed by atoms with Gasteiger partial charge in [-0.15, -0.1) is 0 Å². The van der Waals surface area contributed by atoms with E-state index >= 15 is 0 Å². The zero-order valence-electron chi connectivity index (χ0n) is 7.41. The van der Waals surface area contributed by atoms with Gasteiger partial charge in [0, 0.05) is 18.0 Å². The van der Waals surface area contributed by atoms with Gasteiger partial charge in [0.15, 0.2) is 0 Å². The summed E-state index contributed by atoms with van der Waals surface area (Å²) >= 11 is 1.61. The second-order valence-electron chi connectivity index (χ2n) is 3.06. The van der Waals surface area contributed by atoms with E-state index in [-0.39, 0.29) is 11.3 Å². The molecule has 4 heteroatoms. The second-order valence-corrected chi connectivity index (χ2v) is 4.24. The Hall–Kier alpha value is -0.740. The number of carbonyl (C=O) groups excluding carboxylic acids is 1. The molecular formula is C9H12N2OS. The monoisotopic (exact) mass is 196 g/mol. The molecule has 0 radical (unpaired) electrons. The molecule has 1 saturated heterocycles. The molecule has 1 amide bonds.